The Bertz CT molecular complexity index is 1220. The van der Waals surface area contributed by atoms with Crippen LogP contribution in [0.4, 0.5) is 11.4 Å². The lowest BCUT2D eigenvalue weighted by atomic mass is 10.2. The fourth-order valence-corrected chi connectivity index (χ4v) is 4.64. The van der Waals surface area contributed by atoms with Crippen molar-refractivity contribution in [3.63, 3.8) is 0 Å². The van der Waals surface area contributed by atoms with Crippen molar-refractivity contribution in [2.75, 3.05) is 16.8 Å². The van der Waals surface area contributed by atoms with Crippen molar-refractivity contribution in [2.45, 2.75) is 6.92 Å². The van der Waals surface area contributed by atoms with Crippen LogP contribution in [0.1, 0.15) is 11.1 Å². The molecule has 1 heterocycles. The molecule has 1 fully saturated rings. The van der Waals surface area contributed by atoms with E-state index in [2.05, 4.69) is 21.2 Å². The third-order valence-electron chi connectivity index (χ3n) is 4.76. The maximum absolute atomic E-state index is 12.9. The zero-order valence-corrected chi connectivity index (χ0v) is 20.8. The summed E-state index contributed by atoms with van der Waals surface area (Å²) in [5.74, 6) is 0.175. The number of amides is 2. The van der Waals surface area contributed by atoms with Gasteiger partial charge in [-0.05, 0) is 67.1 Å². The molecule has 0 aliphatic carbocycles. The predicted molar refractivity (Wildman–Crippen MR) is 142 cm³/mol. The van der Waals surface area contributed by atoms with Gasteiger partial charge in [0.1, 0.15) is 5.75 Å². The molecule has 8 heteroatoms. The quantitative estimate of drug-likeness (QED) is 0.300. The lowest BCUT2D eigenvalue weighted by molar-refractivity contribution is -0.118. The van der Waals surface area contributed by atoms with Crippen LogP contribution in [0.15, 0.2) is 82.2 Å². The number of nitrogens with one attached hydrogen (secondary N) is 1. The van der Waals surface area contributed by atoms with Crippen molar-refractivity contribution in [2.24, 2.45) is 0 Å². The molecule has 166 valence electrons. The van der Waals surface area contributed by atoms with Crippen molar-refractivity contribution in [1.82, 2.24) is 0 Å². The maximum atomic E-state index is 12.9. The number of benzene rings is 3. The highest BCUT2D eigenvalue weighted by atomic mass is 79.9. The molecule has 0 saturated carbocycles. The Morgan fingerprint density at radius 1 is 1.06 bits per heavy atom. The van der Waals surface area contributed by atoms with Crippen LogP contribution in [0, 0.1) is 6.92 Å². The van der Waals surface area contributed by atoms with Crippen molar-refractivity contribution in [3.8, 4) is 5.75 Å². The van der Waals surface area contributed by atoms with Gasteiger partial charge in [-0.3, -0.25) is 14.5 Å². The number of thioether (sulfide) groups is 1. The van der Waals surface area contributed by atoms with Crippen LogP contribution < -0.4 is 15.0 Å². The van der Waals surface area contributed by atoms with Gasteiger partial charge in [0.2, 0.25) is 0 Å². The minimum absolute atomic E-state index is 0.0981. The van der Waals surface area contributed by atoms with Crippen LogP contribution in [-0.4, -0.2) is 22.7 Å². The van der Waals surface area contributed by atoms with Gasteiger partial charge in [0.25, 0.3) is 11.8 Å². The first-order chi connectivity index (χ1) is 15.9. The van der Waals surface area contributed by atoms with E-state index >= 15 is 0 Å². The minimum Gasteiger partial charge on any atom is -0.484 e. The second-order valence-corrected chi connectivity index (χ2v) is 9.86. The standard InChI is InChI=1S/C25H19BrN2O3S2/c1-16-2-8-19(9-3-16)27-23(29)15-31-21-12-4-17(5-13-21)14-22-24(30)28(25(32)33-22)20-10-6-18(26)7-11-20/h2-14H,15H2,1H3,(H,27,29)/b22-14+. The number of carbonyl (C=O) groups is 2. The Morgan fingerprint density at radius 2 is 1.73 bits per heavy atom. The molecule has 3 aromatic rings. The summed E-state index contributed by atoms with van der Waals surface area (Å²) in [6.45, 7) is 1.89. The third-order valence-corrected chi connectivity index (χ3v) is 6.59. The lowest BCUT2D eigenvalue weighted by Gasteiger charge is -2.14. The van der Waals surface area contributed by atoms with E-state index in [0.29, 0.717) is 15.0 Å². The lowest BCUT2D eigenvalue weighted by Crippen LogP contribution is -2.27. The normalized spacial score (nSPS) is 14.6. The molecular weight excluding hydrogens is 520 g/mol. The van der Waals surface area contributed by atoms with E-state index in [1.807, 2.05) is 67.6 Å². The van der Waals surface area contributed by atoms with Crippen LogP contribution in [0.3, 0.4) is 0 Å². The van der Waals surface area contributed by atoms with E-state index in [4.69, 9.17) is 17.0 Å². The van der Waals surface area contributed by atoms with E-state index in [1.54, 1.807) is 18.2 Å². The monoisotopic (exact) mass is 538 g/mol. The van der Waals surface area contributed by atoms with E-state index in [0.717, 1.165) is 27.0 Å². The number of anilines is 2. The second-order valence-electron chi connectivity index (χ2n) is 7.27. The maximum Gasteiger partial charge on any atom is 0.270 e. The molecule has 2 amide bonds. The van der Waals surface area contributed by atoms with Gasteiger partial charge in [-0.1, -0.05) is 69.7 Å². The Hall–Kier alpha value is -2.94. The number of hydrogen-bond acceptors (Lipinski definition) is 5. The molecule has 0 radical (unpaired) electrons. The zero-order chi connectivity index (χ0) is 23.4. The Labute approximate surface area is 210 Å². The van der Waals surface area contributed by atoms with Crippen molar-refractivity contribution in [3.05, 3.63) is 93.3 Å². The summed E-state index contributed by atoms with van der Waals surface area (Å²) in [5.41, 5.74) is 3.42. The molecule has 33 heavy (non-hydrogen) atoms. The molecule has 1 aliphatic heterocycles. The molecule has 0 bridgehead atoms. The topological polar surface area (TPSA) is 58.6 Å². The Morgan fingerprint density at radius 3 is 2.39 bits per heavy atom. The SMILES string of the molecule is Cc1ccc(NC(=O)COc2ccc(/C=C3/SC(=S)N(c4ccc(Br)cc4)C3=O)cc2)cc1. The first-order valence-electron chi connectivity index (χ1n) is 10.0. The molecule has 0 spiro atoms. The zero-order valence-electron chi connectivity index (χ0n) is 17.6. The van der Waals surface area contributed by atoms with Gasteiger partial charge in [0, 0.05) is 10.2 Å². The van der Waals surface area contributed by atoms with Crippen molar-refractivity contribution in [1.29, 1.82) is 0 Å². The van der Waals surface area contributed by atoms with Gasteiger partial charge < -0.3 is 10.1 Å². The molecular formula is C25H19BrN2O3S2. The van der Waals surface area contributed by atoms with Gasteiger partial charge in [-0.25, -0.2) is 0 Å². The van der Waals surface area contributed by atoms with Crippen LogP contribution >= 0.6 is 39.9 Å². The average molecular weight is 539 g/mol. The number of carbonyl (C=O) groups excluding carboxylic acids is 2. The van der Waals surface area contributed by atoms with Crippen LogP contribution in [0.25, 0.3) is 6.08 Å². The first-order valence-corrected chi connectivity index (χ1v) is 12.0. The molecule has 3 aromatic carbocycles. The summed E-state index contributed by atoms with van der Waals surface area (Å²) in [5, 5.41) is 2.80. The molecule has 1 aliphatic rings. The summed E-state index contributed by atoms with van der Waals surface area (Å²) in [6.07, 6.45) is 1.80. The highest BCUT2D eigenvalue weighted by Crippen LogP contribution is 2.36. The van der Waals surface area contributed by atoms with E-state index in [9.17, 15) is 9.59 Å². The van der Waals surface area contributed by atoms with Gasteiger partial charge in [0.15, 0.2) is 10.9 Å². The van der Waals surface area contributed by atoms with Gasteiger partial charge in [-0.15, -0.1) is 0 Å². The van der Waals surface area contributed by atoms with E-state index in [-0.39, 0.29) is 18.4 Å². The number of nitrogens with zero attached hydrogens (tertiary/aromatic N) is 1. The first kappa shape index (κ1) is 23.2. The van der Waals surface area contributed by atoms with E-state index in [1.165, 1.54) is 16.7 Å². The number of ether oxygens (including phenoxy) is 1. The Balaban J connectivity index is 1.36. The number of rotatable bonds is 6. The Kier molecular flexibility index (Phi) is 7.27. The van der Waals surface area contributed by atoms with Gasteiger partial charge in [-0.2, -0.15) is 0 Å². The minimum atomic E-state index is -0.237. The molecule has 0 atom stereocenters. The van der Waals surface area contributed by atoms with Crippen molar-refractivity contribution >= 4 is 73.5 Å². The highest BCUT2D eigenvalue weighted by Gasteiger charge is 2.33. The number of aryl methyl sites for hydroxylation is 1. The smallest absolute Gasteiger partial charge is 0.270 e. The molecule has 1 saturated heterocycles. The number of thiocarbonyl (C=S) groups is 1. The predicted octanol–water partition coefficient (Wildman–Crippen LogP) is 6.18. The van der Waals surface area contributed by atoms with E-state index < -0.39 is 0 Å². The second kappa shape index (κ2) is 10.3. The number of hydrogen-bond donors (Lipinski definition) is 1. The fraction of sp³-hybridized carbons (Fsp3) is 0.0800. The molecule has 4 rings (SSSR count). The number of halogens is 1. The van der Waals surface area contributed by atoms with Crippen LogP contribution in [0.2, 0.25) is 0 Å². The highest BCUT2D eigenvalue weighted by molar-refractivity contribution is 9.10. The van der Waals surface area contributed by atoms with Crippen LogP contribution in [0.5, 0.6) is 5.75 Å². The summed E-state index contributed by atoms with van der Waals surface area (Å²) < 4.78 is 7.00. The summed E-state index contributed by atoms with van der Waals surface area (Å²) in [6, 6.07) is 22.2. The van der Waals surface area contributed by atoms with Gasteiger partial charge in [0.05, 0.1) is 10.6 Å². The molecule has 1 N–H and O–H groups in total. The molecule has 0 aromatic heterocycles. The molecule has 0 unspecified atom stereocenters. The van der Waals surface area contributed by atoms with Crippen LogP contribution in [-0.2, 0) is 9.59 Å². The van der Waals surface area contributed by atoms with Gasteiger partial charge >= 0.3 is 0 Å². The summed E-state index contributed by atoms with van der Waals surface area (Å²) >= 11 is 10.1. The molecule has 5 nitrogen and oxygen atoms in total. The summed E-state index contributed by atoms with van der Waals surface area (Å²) in [7, 11) is 0. The third kappa shape index (κ3) is 5.90. The largest absolute Gasteiger partial charge is 0.484 e. The average Bonchev–Trinajstić information content (AvgIpc) is 3.08. The van der Waals surface area contributed by atoms with Crippen molar-refractivity contribution < 1.29 is 14.3 Å². The fourth-order valence-electron chi connectivity index (χ4n) is 3.07. The summed E-state index contributed by atoms with van der Waals surface area (Å²) in [4.78, 5) is 27.1.